The lowest BCUT2D eigenvalue weighted by Crippen LogP contribution is -1.97. The fraction of sp³-hybridized carbons (Fsp3) is 0.167. The average Bonchev–Trinajstić information content (AvgIpc) is 2.31. The van der Waals surface area contributed by atoms with Gasteiger partial charge in [0.1, 0.15) is 6.33 Å². The molecule has 3 heteroatoms. The minimum atomic E-state index is 0.314. The van der Waals surface area contributed by atoms with E-state index in [4.69, 9.17) is 0 Å². The first-order valence-corrected chi connectivity index (χ1v) is 5.72. The van der Waals surface area contributed by atoms with Crippen LogP contribution in [-0.4, -0.2) is 9.97 Å². The first-order chi connectivity index (χ1) is 7.36. The van der Waals surface area contributed by atoms with Crippen LogP contribution < -0.4 is 0 Å². The summed E-state index contributed by atoms with van der Waals surface area (Å²) in [6, 6.07) is 12.3. The summed E-state index contributed by atoms with van der Waals surface area (Å²) in [7, 11) is 0. The number of hydrogen-bond donors (Lipinski definition) is 0. The number of rotatable bonds is 3. The zero-order valence-corrected chi connectivity index (χ0v) is 9.76. The zero-order chi connectivity index (χ0) is 10.5. The van der Waals surface area contributed by atoms with Crippen molar-refractivity contribution in [2.24, 2.45) is 0 Å². The predicted octanol–water partition coefficient (Wildman–Crippen LogP) is 3.16. The second-order valence-corrected chi connectivity index (χ2v) is 4.39. The van der Waals surface area contributed by atoms with Crippen molar-refractivity contribution in [2.45, 2.75) is 11.2 Å². The molecule has 0 aliphatic heterocycles. The Kier molecular flexibility index (Phi) is 3.45. The summed E-state index contributed by atoms with van der Waals surface area (Å²) in [5, 5.41) is 0. The van der Waals surface area contributed by atoms with E-state index >= 15 is 0 Å². The topological polar surface area (TPSA) is 25.8 Å². The van der Waals surface area contributed by atoms with Crippen LogP contribution in [0.3, 0.4) is 0 Å². The van der Waals surface area contributed by atoms with Crippen LogP contribution in [0, 0.1) is 0 Å². The fourth-order valence-corrected chi connectivity index (χ4v) is 2.04. The van der Waals surface area contributed by atoms with Gasteiger partial charge in [-0.25, -0.2) is 9.97 Å². The van der Waals surface area contributed by atoms with Gasteiger partial charge in [-0.1, -0.05) is 46.3 Å². The van der Waals surface area contributed by atoms with Gasteiger partial charge >= 0.3 is 0 Å². The van der Waals surface area contributed by atoms with Gasteiger partial charge in [0.25, 0.3) is 0 Å². The molecule has 2 rings (SSSR count). The molecule has 1 aromatic heterocycles. The molecule has 0 aliphatic carbocycles. The Labute approximate surface area is 97.5 Å². The molecule has 15 heavy (non-hydrogen) atoms. The van der Waals surface area contributed by atoms with Crippen LogP contribution in [0.25, 0.3) is 0 Å². The molecular formula is C12H11BrN2. The van der Waals surface area contributed by atoms with E-state index in [0.717, 1.165) is 12.1 Å². The van der Waals surface area contributed by atoms with Crippen molar-refractivity contribution in [3.63, 3.8) is 0 Å². The Morgan fingerprint density at radius 3 is 2.60 bits per heavy atom. The van der Waals surface area contributed by atoms with E-state index < -0.39 is 0 Å². The Bertz CT molecular complexity index is 402. The van der Waals surface area contributed by atoms with Gasteiger partial charge in [0.05, 0.1) is 0 Å². The number of benzene rings is 1. The highest BCUT2D eigenvalue weighted by atomic mass is 79.9. The minimum Gasteiger partial charge on any atom is -0.245 e. The van der Waals surface area contributed by atoms with Gasteiger partial charge < -0.3 is 0 Å². The van der Waals surface area contributed by atoms with Crippen molar-refractivity contribution in [3.8, 4) is 0 Å². The Balaban J connectivity index is 2.08. The van der Waals surface area contributed by atoms with E-state index in [1.807, 2.05) is 24.3 Å². The number of halogens is 1. The van der Waals surface area contributed by atoms with Gasteiger partial charge in [0, 0.05) is 23.1 Å². The highest BCUT2D eigenvalue weighted by Crippen LogP contribution is 2.25. The molecule has 1 aromatic carbocycles. The van der Waals surface area contributed by atoms with Crippen molar-refractivity contribution < 1.29 is 0 Å². The maximum Gasteiger partial charge on any atom is 0.115 e. The summed E-state index contributed by atoms with van der Waals surface area (Å²) in [5.74, 6) is 0. The molecular weight excluding hydrogens is 252 g/mol. The van der Waals surface area contributed by atoms with E-state index in [9.17, 15) is 0 Å². The highest BCUT2D eigenvalue weighted by molar-refractivity contribution is 9.09. The maximum atomic E-state index is 4.20. The molecule has 0 N–H and O–H groups in total. The van der Waals surface area contributed by atoms with Gasteiger partial charge in [-0.3, -0.25) is 0 Å². The lowest BCUT2D eigenvalue weighted by atomic mass is 10.1. The van der Waals surface area contributed by atoms with Gasteiger partial charge in [0.15, 0.2) is 0 Å². The fourth-order valence-electron chi connectivity index (χ4n) is 1.40. The van der Waals surface area contributed by atoms with Crippen LogP contribution in [0.5, 0.6) is 0 Å². The summed E-state index contributed by atoms with van der Waals surface area (Å²) in [6.45, 7) is 0. The molecule has 0 radical (unpaired) electrons. The monoisotopic (exact) mass is 262 g/mol. The van der Waals surface area contributed by atoms with Crippen molar-refractivity contribution in [1.29, 1.82) is 0 Å². The zero-order valence-electron chi connectivity index (χ0n) is 8.18. The van der Waals surface area contributed by atoms with Gasteiger partial charge in [0.2, 0.25) is 0 Å². The number of alkyl halides is 1. The van der Waals surface area contributed by atoms with E-state index in [1.165, 1.54) is 5.56 Å². The van der Waals surface area contributed by atoms with Gasteiger partial charge in [-0.15, -0.1) is 0 Å². The van der Waals surface area contributed by atoms with Crippen molar-refractivity contribution in [1.82, 2.24) is 9.97 Å². The smallest absolute Gasteiger partial charge is 0.115 e. The lowest BCUT2D eigenvalue weighted by molar-refractivity contribution is 0.892. The highest BCUT2D eigenvalue weighted by Gasteiger charge is 2.07. The second kappa shape index (κ2) is 5.03. The molecule has 76 valence electrons. The molecule has 0 saturated carbocycles. The first-order valence-electron chi connectivity index (χ1n) is 4.80. The third-order valence-corrected chi connectivity index (χ3v) is 3.05. The van der Waals surface area contributed by atoms with Crippen LogP contribution in [-0.2, 0) is 6.42 Å². The largest absolute Gasteiger partial charge is 0.245 e. The molecule has 0 amide bonds. The average molecular weight is 263 g/mol. The third kappa shape index (κ3) is 2.86. The number of nitrogens with zero attached hydrogens (tertiary/aromatic N) is 2. The Morgan fingerprint density at radius 2 is 1.93 bits per heavy atom. The van der Waals surface area contributed by atoms with Crippen molar-refractivity contribution in [3.05, 3.63) is 60.2 Å². The SMILES string of the molecule is BrC(Cc1ccncn1)c1ccccc1. The predicted molar refractivity (Wildman–Crippen MR) is 63.8 cm³/mol. The van der Waals surface area contributed by atoms with Crippen LogP contribution in [0.1, 0.15) is 16.1 Å². The molecule has 2 nitrogen and oxygen atoms in total. The molecule has 0 spiro atoms. The molecule has 1 atom stereocenters. The quantitative estimate of drug-likeness (QED) is 0.795. The van der Waals surface area contributed by atoms with E-state index in [2.05, 4.69) is 38.0 Å². The van der Waals surface area contributed by atoms with Gasteiger partial charge in [-0.05, 0) is 11.6 Å². The minimum absolute atomic E-state index is 0.314. The Hall–Kier alpha value is -1.22. The maximum absolute atomic E-state index is 4.20. The molecule has 0 saturated heterocycles. The molecule has 0 bridgehead atoms. The van der Waals surface area contributed by atoms with Gasteiger partial charge in [-0.2, -0.15) is 0 Å². The van der Waals surface area contributed by atoms with Crippen LogP contribution >= 0.6 is 15.9 Å². The summed E-state index contributed by atoms with van der Waals surface area (Å²) in [4.78, 5) is 8.42. The molecule has 0 aliphatic rings. The molecule has 2 aromatic rings. The molecule has 0 fully saturated rings. The van der Waals surface area contributed by atoms with Crippen molar-refractivity contribution in [2.75, 3.05) is 0 Å². The molecule has 1 heterocycles. The standard InChI is InChI=1S/C12H11BrN2/c13-12(10-4-2-1-3-5-10)8-11-6-7-14-9-15-11/h1-7,9,12H,8H2. The number of aromatic nitrogens is 2. The summed E-state index contributed by atoms with van der Waals surface area (Å²) < 4.78 is 0. The first kappa shape index (κ1) is 10.3. The Morgan fingerprint density at radius 1 is 1.13 bits per heavy atom. The second-order valence-electron chi connectivity index (χ2n) is 3.28. The van der Waals surface area contributed by atoms with E-state index in [0.29, 0.717) is 4.83 Å². The van der Waals surface area contributed by atoms with E-state index in [-0.39, 0.29) is 0 Å². The third-order valence-electron chi connectivity index (χ3n) is 2.19. The summed E-state index contributed by atoms with van der Waals surface area (Å²) >= 11 is 3.66. The van der Waals surface area contributed by atoms with E-state index in [1.54, 1.807) is 12.5 Å². The van der Waals surface area contributed by atoms with Crippen LogP contribution in [0.2, 0.25) is 0 Å². The summed E-state index contributed by atoms with van der Waals surface area (Å²) in [6.07, 6.45) is 4.24. The van der Waals surface area contributed by atoms with Crippen LogP contribution in [0.15, 0.2) is 48.9 Å². The normalized spacial score (nSPS) is 12.3. The number of hydrogen-bond acceptors (Lipinski definition) is 2. The molecule has 1 unspecified atom stereocenters. The summed E-state index contributed by atoms with van der Waals surface area (Å²) in [5.41, 5.74) is 2.33. The van der Waals surface area contributed by atoms with Crippen LogP contribution in [0.4, 0.5) is 0 Å². The lowest BCUT2D eigenvalue weighted by Gasteiger charge is -2.08. The van der Waals surface area contributed by atoms with Crippen molar-refractivity contribution >= 4 is 15.9 Å².